The third-order valence-corrected chi connectivity index (χ3v) is 6.64. The van der Waals surface area contributed by atoms with Crippen molar-refractivity contribution in [1.29, 1.82) is 0 Å². The van der Waals surface area contributed by atoms with Gasteiger partial charge in [-0.3, -0.25) is 24.1 Å². The molecule has 0 bridgehead atoms. The van der Waals surface area contributed by atoms with Crippen LogP contribution in [-0.4, -0.2) is 72.2 Å². The number of nitrogens with zero attached hydrogens (tertiary/aromatic N) is 2. The Hall–Kier alpha value is -3.63. The third kappa shape index (κ3) is 6.32. The van der Waals surface area contributed by atoms with Crippen LogP contribution in [-0.2, 0) is 19.1 Å². The van der Waals surface area contributed by atoms with Gasteiger partial charge in [0.2, 0.25) is 5.91 Å². The molecule has 2 heterocycles. The number of carbonyl (C=O) groups is 4. The minimum Gasteiger partial charge on any atom is -0.484 e. The summed E-state index contributed by atoms with van der Waals surface area (Å²) in [5.74, 6) is -0.543. The van der Waals surface area contributed by atoms with E-state index >= 15 is 0 Å². The van der Waals surface area contributed by atoms with E-state index in [-0.39, 0.29) is 29.9 Å². The predicted molar refractivity (Wildman–Crippen MR) is 137 cm³/mol. The predicted octanol–water partition coefficient (Wildman–Crippen LogP) is 3.22. The molecule has 4 rings (SSSR count). The zero-order valence-electron chi connectivity index (χ0n) is 20.1. The summed E-state index contributed by atoms with van der Waals surface area (Å²) in [6.07, 6.45) is 1.60. The van der Waals surface area contributed by atoms with E-state index in [0.717, 1.165) is 33.5 Å². The first-order valence-electron chi connectivity index (χ1n) is 11.5. The number of rotatable bonds is 7. The van der Waals surface area contributed by atoms with Crippen molar-refractivity contribution in [3.63, 3.8) is 0 Å². The van der Waals surface area contributed by atoms with Crippen LogP contribution in [0.5, 0.6) is 5.75 Å². The van der Waals surface area contributed by atoms with Gasteiger partial charge in [-0.15, -0.1) is 0 Å². The Morgan fingerprint density at radius 1 is 1.08 bits per heavy atom. The lowest BCUT2D eigenvalue weighted by atomic mass is 10.1. The molecule has 2 aliphatic heterocycles. The Labute approximate surface area is 213 Å². The number of benzene rings is 2. The van der Waals surface area contributed by atoms with Gasteiger partial charge in [0, 0.05) is 18.8 Å². The number of anilines is 1. The SMILES string of the molecule is Cc1ccc(NC(=O)COc2ccc(/C=C3\SC(=O)N(CC(=O)N4CCOCC4)C3=O)cc2)c(C)c1. The van der Waals surface area contributed by atoms with Gasteiger partial charge >= 0.3 is 0 Å². The molecular formula is C26H27N3O6S. The molecule has 0 radical (unpaired) electrons. The molecule has 10 heteroatoms. The first kappa shape index (κ1) is 25.5. The Balaban J connectivity index is 1.31. The van der Waals surface area contributed by atoms with Gasteiger partial charge in [-0.1, -0.05) is 29.8 Å². The van der Waals surface area contributed by atoms with Crippen LogP contribution in [0.15, 0.2) is 47.4 Å². The number of thioether (sulfide) groups is 1. The smallest absolute Gasteiger partial charge is 0.294 e. The van der Waals surface area contributed by atoms with Crippen LogP contribution in [0.2, 0.25) is 0 Å². The van der Waals surface area contributed by atoms with Crippen molar-refractivity contribution in [3.8, 4) is 5.75 Å². The fourth-order valence-electron chi connectivity index (χ4n) is 3.78. The van der Waals surface area contributed by atoms with E-state index in [9.17, 15) is 19.2 Å². The quantitative estimate of drug-likeness (QED) is 0.572. The van der Waals surface area contributed by atoms with Crippen molar-refractivity contribution in [2.45, 2.75) is 13.8 Å². The Morgan fingerprint density at radius 2 is 1.81 bits per heavy atom. The number of morpholine rings is 1. The lowest BCUT2D eigenvalue weighted by Crippen LogP contribution is -2.46. The van der Waals surface area contributed by atoms with E-state index in [4.69, 9.17) is 9.47 Å². The molecule has 0 saturated carbocycles. The fourth-order valence-corrected chi connectivity index (χ4v) is 4.62. The van der Waals surface area contributed by atoms with Crippen LogP contribution in [0.3, 0.4) is 0 Å². The highest BCUT2D eigenvalue weighted by Gasteiger charge is 2.37. The summed E-state index contributed by atoms with van der Waals surface area (Å²) in [7, 11) is 0. The Bertz CT molecular complexity index is 1200. The minimum atomic E-state index is -0.491. The van der Waals surface area contributed by atoms with E-state index < -0.39 is 11.1 Å². The average Bonchev–Trinajstić information content (AvgIpc) is 3.13. The Morgan fingerprint density at radius 3 is 2.50 bits per heavy atom. The normalized spacial score (nSPS) is 17.0. The molecule has 2 aromatic rings. The van der Waals surface area contributed by atoms with Gasteiger partial charge in [0.25, 0.3) is 17.1 Å². The number of ether oxygens (including phenoxy) is 2. The van der Waals surface area contributed by atoms with Gasteiger partial charge in [0.1, 0.15) is 12.3 Å². The topological polar surface area (TPSA) is 105 Å². The molecule has 2 fully saturated rings. The molecule has 0 aromatic heterocycles. The summed E-state index contributed by atoms with van der Waals surface area (Å²) in [5.41, 5.74) is 3.52. The maximum Gasteiger partial charge on any atom is 0.294 e. The molecule has 2 aromatic carbocycles. The van der Waals surface area contributed by atoms with Gasteiger partial charge in [-0.05, 0) is 61.0 Å². The molecule has 0 unspecified atom stereocenters. The fraction of sp³-hybridized carbons (Fsp3) is 0.308. The summed E-state index contributed by atoms with van der Waals surface area (Å²) in [6.45, 7) is 5.29. The summed E-state index contributed by atoms with van der Waals surface area (Å²) >= 11 is 0.805. The second-order valence-corrected chi connectivity index (χ2v) is 9.48. The van der Waals surface area contributed by atoms with E-state index in [0.29, 0.717) is 37.6 Å². The van der Waals surface area contributed by atoms with Crippen molar-refractivity contribution in [2.24, 2.45) is 0 Å². The molecule has 4 amide bonds. The highest BCUT2D eigenvalue weighted by Crippen LogP contribution is 2.32. The van der Waals surface area contributed by atoms with Gasteiger partial charge in [0.15, 0.2) is 6.61 Å². The van der Waals surface area contributed by atoms with Gasteiger partial charge < -0.3 is 19.7 Å². The van der Waals surface area contributed by atoms with Crippen LogP contribution < -0.4 is 10.1 Å². The highest BCUT2D eigenvalue weighted by molar-refractivity contribution is 8.18. The molecular weight excluding hydrogens is 482 g/mol. The summed E-state index contributed by atoms with van der Waals surface area (Å²) < 4.78 is 10.8. The molecule has 1 N–H and O–H groups in total. The standard InChI is InChI=1S/C26H27N3O6S/c1-17-3-8-21(18(2)13-17)27-23(30)16-35-20-6-4-19(5-7-20)14-22-25(32)29(26(33)36-22)15-24(31)28-9-11-34-12-10-28/h3-8,13-14H,9-12,15-16H2,1-2H3,(H,27,30)/b22-14-. The van der Waals surface area contributed by atoms with E-state index in [2.05, 4.69) is 5.32 Å². The van der Waals surface area contributed by atoms with Gasteiger partial charge in [-0.25, -0.2) is 0 Å². The molecule has 0 atom stereocenters. The average molecular weight is 510 g/mol. The van der Waals surface area contributed by atoms with E-state index in [1.165, 1.54) is 0 Å². The molecule has 0 aliphatic carbocycles. The summed E-state index contributed by atoms with van der Waals surface area (Å²) in [4.78, 5) is 52.6. The maximum atomic E-state index is 12.7. The first-order chi connectivity index (χ1) is 17.3. The molecule has 36 heavy (non-hydrogen) atoms. The number of carbonyl (C=O) groups excluding carboxylic acids is 4. The molecule has 2 aliphatic rings. The van der Waals surface area contributed by atoms with Crippen LogP contribution in [0.4, 0.5) is 10.5 Å². The number of nitrogens with one attached hydrogen (secondary N) is 1. The van der Waals surface area contributed by atoms with Gasteiger partial charge in [0.05, 0.1) is 18.1 Å². The molecule has 188 valence electrons. The molecule has 2 saturated heterocycles. The second kappa shape index (κ2) is 11.4. The van der Waals surface area contributed by atoms with Crippen LogP contribution in [0, 0.1) is 13.8 Å². The number of hydrogen-bond acceptors (Lipinski definition) is 7. The van der Waals surface area contributed by atoms with Crippen molar-refractivity contribution in [3.05, 3.63) is 64.1 Å². The van der Waals surface area contributed by atoms with Crippen LogP contribution >= 0.6 is 11.8 Å². The largest absolute Gasteiger partial charge is 0.484 e. The first-order valence-corrected chi connectivity index (χ1v) is 12.3. The van der Waals surface area contributed by atoms with Crippen molar-refractivity contribution in [2.75, 3.05) is 44.8 Å². The van der Waals surface area contributed by atoms with Crippen molar-refractivity contribution < 1.29 is 28.7 Å². The van der Waals surface area contributed by atoms with Crippen molar-refractivity contribution >= 4 is 46.5 Å². The Kier molecular flexibility index (Phi) is 8.07. The maximum absolute atomic E-state index is 12.7. The van der Waals surface area contributed by atoms with Crippen molar-refractivity contribution in [1.82, 2.24) is 9.80 Å². The third-order valence-electron chi connectivity index (χ3n) is 5.73. The lowest BCUT2D eigenvalue weighted by molar-refractivity contribution is -0.139. The summed E-state index contributed by atoms with van der Waals surface area (Å²) in [6, 6.07) is 12.6. The number of aryl methyl sites for hydroxylation is 2. The number of imide groups is 1. The van der Waals surface area contributed by atoms with Gasteiger partial charge in [-0.2, -0.15) is 0 Å². The lowest BCUT2D eigenvalue weighted by Gasteiger charge is -2.28. The highest BCUT2D eigenvalue weighted by atomic mass is 32.2. The minimum absolute atomic E-state index is 0.150. The van der Waals surface area contributed by atoms with E-state index in [1.807, 2.05) is 32.0 Å². The molecule has 9 nitrogen and oxygen atoms in total. The van der Waals surface area contributed by atoms with Crippen LogP contribution in [0.1, 0.15) is 16.7 Å². The second-order valence-electron chi connectivity index (χ2n) is 8.49. The number of amides is 4. The zero-order chi connectivity index (χ0) is 25.7. The van der Waals surface area contributed by atoms with E-state index in [1.54, 1.807) is 35.2 Å². The summed E-state index contributed by atoms with van der Waals surface area (Å²) in [5, 5.41) is 2.36. The number of hydrogen-bond donors (Lipinski definition) is 1. The molecule has 0 spiro atoms. The van der Waals surface area contributed by atoms with Crippen LogP contribution in [0.25, 0.3) is 6.08 Å². The zero-order valence-corrected chi connectivity index (χ0v) is 20.9. The monoisotopic (exact) mass is 509 g/mol.